The van der Waals surface area contributed by atoms with E-state index in [1.54, 1.807) is 0 Å². The minimum absolute atomic E-state index is 0.889. The summed E-state index contributed by atoms with van der Waals surface area (Å²) in [5.41, 5.74) is 4.96. The Morgan fingerprint density at radius 2 is 1.42 bits per heavy atom. The van der Waals surface area contributed by atoms with Gasteiger partial charge < -0.3 is 9.32 Å². The maximum Gasteiger partial charge on any atom is 0.137 e. The lowest BCUT2D eigenvalue weighted by Crippen LogP contribution is -2.10. The summed E-state index contributed by atoms with van der Waals surface area (Å²) in [4.78, 5) is 2.23. The Labute approximate surface area is 151 Å². The second-order valence-electron chi connectivity index (χ2n) is 6.17. The molecule has 0 N–H and O–H groups in total. The summed E-state index contributed by atoms with van der Waals surface area (Å²) in [6, 6.07) is 36.2. The Morgan fingerprint density at radius 1 is 0.654 bits per heavy atom. The monoisotopic (exact) mass is 334 g/mol. The lowest BCUT2D eigenvalue weighted by molar-refractivity contribution is 0.669. The van der Waals surface area contributed by atoms with Crippen LogP contribution in [0, 0.1) is 6.07 Å². The number of anilines is 3. The SMILES string of the molecule is [c]1ccccc1N(c1ccccc1)c1cccc2oc3ccccc3c12. The number of furan rings is 1. The fourth-order valence-electron chi connectivity index (χ4n) is 3.45. The molecule has 0 aliphatic carbocycles. The van der Waals surface area contributed by atoms with Crippen LogP contribution in [0.2, 0.25) is 0 Å². The van der Waals surface area contributed by atoms with E-state index in [9.17, 15) is 0 Å². The zero-order valence-electron chi connectivity index (χ0n) is 14.1. The van der Waals surface area contributed by atoms with E-state index >= 15 is 0 Å². The molecule has 0 unspecified atom stereocenters. The predicted molar refractivity (Wildman–Crippen MR) is 107 cm³/mol. The zero-order chi connectivity index (χ0) is 17.3. The molecule has 0 saturated heterocycles. The minimum atomic E-state index is 0.889. The van der Waals surface area contributed by atoms with Gasteiger partial charge in [-0.15, -0.1) is 0 Å². The van der Waals surface area contributed by atoms with Gasteiger partial charge >= 0.3 is 0 Å². The number of para-hydroxylation sites is 3. The number of hydrogen-bond donors (Lipinski definition) is 0. The predicted octanol–water partition coefficient (Wildman–Crippen LogP) is 6.86. The van der Waals surface area contributed by atoms with Gasteiger partial charge in [-0.1, -0.05) is 60.7 Å². The Kier molecular flexibility index (Phi) is 3.46. The molecule has 0 atom stereocenters. The van der Waals surface area contributed by atoms with Gasteiger partial charge in [0.05, 0.1) is 16.8 Å². The Morgan fingerprint density at radius 3 is 2.27 bits per heavy atom. The largest absolute Gasteiger partial charge is 0.456 e. The van der Waals surface area contributed by atoms with Gasteiger partial charge in [0.25, 0.3) is 0 Å². The Hall–Kier alpha value is -3.52. The molecule has 0 amide bonds. The standard InChI is InChI=1S/C24H16NO/c1-3-10-18(11-4-1)25(19-12-5-2-6-13-19)21-15-9-17-23-24(21)20-14-7-8-16-22(20)26-23/h1-12,14-17H. The third kappa shape index (κ3) is 2.35. The molecule has 0 saturated carbocycles. The molecule has 1 aromatic heterocycles. The van der Waals surface area contributed by atoms with Gasteiger partial charge in [0, 0.05) is 17.1 Å². The van der Waals surface area contributed by atoms with Crippen LogP contribution in [-0.4, -0.2) is 0 Å². The molecular formula is C24H16NO. The molecule has 5 aromatic rings. The second kappa shape index (κ2) is 6.08. The molecular weight excluding hydrogens is 318 g/mol. The van der Waals surface area contributed by atoms with E-state index in [0.29, 0.717) is 0 Å². The van der Waals surface area contributed by atoms with Crippen molar-refractivity contribution in [3.05, 3.63) is 103 Å². The lowest BCUT2D eigenvalue weighted by Gasteiger charge is -2.25. The van der Waals surface area contributed by atoms with E-state index in [1.165, 1.54) is 0 Å². The van der Waals surface area contributed by atoms with Gasteiger partial charge in [0.1, 0.15) is 11.2 Å². The zero-order valence-corrected chi connectivity index (χ0v) is 14.1. The van der Waals surface area contributed by atoms with Crippen LogP contribution >= 0.6 is 0 Å². The molecule has 4 aromatic carbocycles. The number of rotatable bonds is 3. The molecule has 0 aliphatic heterocycles. The van der Waals surface area contributed by atoms with Crippen LogP contribution in [0.25, 0.3) is 21.9 Å². The highest BCUT2D eigenvalue weighted by Gasteiger charge is 2.18. The Balaban J connectivity index is 1.85. The topological polar surface area (TPSA) is 16.4 Å². The van der Waals surface area contributed by atoms with Crippen molar-refractivity contribution in [2.45, 2.75) is 0 Å². The summed E-state index contributed by atoms with van der Waals surface area (Å²) in [6.45, 7) is 0. The normalized spacial score (nSPS) is 11.1. The maximum absolute atomic E-state index is 6.08. The summed E-state index contributed by atoms with van der Waals surface area (Å²) in [7, 11) is 0. The molecule has 2 heteroatoms. The number of nitrogens with zero attached hydrogens (tertiary/aromatic N) is 1. The highest BCUT2D eigenvalue weighted by Crippen LogP contribution is 2.42. The quantitative estimate of drug-likeness (QED) is 0.358. The van der Waals surface area contributed by atoms with Crippen molar-refractivity contribution >= 4 is 39.0 Å². The first kappa shape index (κ1) is 14.8. The van der Waals surface area contributed by atoms with E-state index in [4.69, 9.17) is 4.42 Å². The smallest absolute Gasteiger partial charge is 0.137 e. The van der Waals surface area contributed by atoms with Gasteiger partial charge in [-0.25, -0.2) is 0 Å². The number of benzene rings is 4. The fourth-order valence-corrected chi connectivity index (χ4v) is 3.45. The van der Waals surface area contributed by atoms with Crippen molar-refractivity contribution in [1.29, 1.82) is 0 Å². The van der Waals surface area contributed by atoms with Crippen LogP contribution in [0.5, 0.6) is 0 Å². The summed E-state index contributed by atoms with van der Waals surface area (Å²) in [5.74, 6) is 0. The van der Waals surface area contributed by atoms with Crippen LogP contribution in [0.3, 0.4) is 0 Å². The van der Waals surface area contributed by atoms with Crippen molar-refractivity contribution < 1.29 is 4.42 Å². The molecule has 1 heterocycles. The fraction of sp³-hybridized carbons (Fsp3) is 0. The van der Waals surface area contributed by atoms with E-state index in [1.807, 2.05) is 48.5 Å². The van der Waals surface area contributed by atoms with Gasteiger partial charge in [-0.2, -0.15) is 0 Å². The van der Waals surface area contributed by atoms with Crippen LogP contribution in [-0.2, 0) is 0 Å². The molecule has 123 valence electrons. The van der Waals surface area contributed by atoms with Gasteiger partial charge in [-0.3, -0.25) is 0 Å². The first-order valence-electron chi connectivity index (χ1n) is 8.64. The van der Waals surface area contributed by atoms with E-state index in [-0.39, 0.29) is 0 Å². The van der Waals surface area contributed by atoms with Crippen molar-refractivity contribution in [3.63, 3.8) is 0 Å². The van der Waals surface area contributed by atoms with Crippen LogP contribution in [0.4, 0.5) is 17.1 Å². The summed E-state index contributed by atoms with van der Waals surface area (Å²) in [6.07, 6.45) is 0. The van der Waals surface area contributed by atoms with Crippen LogP contribution in [0.1, 0.15) is 0 Å². The number of fused-ring (bicyclic) bond motifs is 3. The first-order valence-corrected chi connectivity index (χ1v) is 8.64. The van der Waals surface area contributed by atoms with Crippen molar-refractivity contribution in [2.24, 2.45) is 0 Å². The minimum Gasteiger partial charge on any atom is -0.456 e. The molecule has 0 bridgehead atoms. The first-order chi connectivity index (χ1) is 12.9. The van der Waals surface area contributed by atoms with Crippen LogP contribution < -0.4 is 4.90 Å². The van der Waals surface area contributed by atoms with E-state index in [0.717, 1.165) is 39.0 Å². The summed E-state index contributed by atoms with van der Waals surface area (Å²) >= 11 is 0. The average Bonchev–Trinajstić information content (AvgIpc) is 3.09. The van der Waals surface area contributed by atoms with Crippen molar-refractivity contribution in [1.82, 2.24) is 0 Å². The number of hydrogen-bond acceptors (Lipinski definition) is 2. The second-order valence-corrected chi connectivity index (χ2v) is 6.17. The highest BCUT2D eigenvalue weighted by atomic mass is 16.3. The summed E-state index contributed by atoms with van der Waals surface area (Å²) < 4.78 is 6.08. The molecule has 0 fully saturated rings. The van der Waals surface area contributed by atoms with E-state index < -0.39 is 0 Å². The maximum atomic E-state index is 6.08. The van der Waals surface area contributed by atoms with E-state index in [2.05, 4.69) is 59.5 Å². The average molecular weight is 334 g/mol. The third-order valence-corrected chi connectivity index (χ3v) is 4.57. The molecule has 2 nitrogen and oxygen atoms in total. The molecule has 0 aliphatic rings. The molecule has 0 spiro atoms. The van der Waals surface area contributed by atoms with Gasteiger partial charge in [0.2, 0.25) is 0 Å². The van der Waals surface area contributed by atoms with Gasteiger partial charge in [0.15, 0.2) is 0 Å². The lowest BCUT2D eigenvalue weighted by atomic mass is 10.1. The van der Waals surface area contributed by atoms with Crippen molar-refractivity contribution in [2.75, 3.05) is 4.90 Å². The van der Waals surface area contributed by atoms with Crippen LogP contribution in [0.15, 0.2) is 101 Å². The van der Waals surface area contributed by atoms with Crippen molar-refractivity contribution in [3.8, 4) is 0 Å². The third-order valence-electron chi connectivity index (χ3n) is 4.57. The molecule has 5 rings (SSSR count). The highest BCUT2D eigenvalue weighted by molar-refractivity contribution is 6.13. The Bertz CT molecular complexity index is 1140. The van der Waals surface area contributed by atoms with Gasteiger partial charge in [-0.05, 0) is 36.4 Å². The summed E-state index contributed by atoms with van der Waals surface area (Å²) in [5, 5.41) is 2.24. The molecule has 26 heavy (non-hydrogen) atoms. The molecule has 1 radical (unpaired) electrons.